The number of benzene rings is 1. The molecule has 0 spiro atoms. The molecule has 2 aliphatic rings. The van der Waals surface area contributed by atoms with Crippen molar-refractivity contribution < 1.29 is 14.3 Å². The fourth-order valence-corrected chi connectivity index (χ4v) is 4.55. The minimum atomic E-state index is -0.269. The number of nitrogens with one attached hydrogen (secondary N) is 1. The average Bonchev–Trinajstić information content (AvgIpc) is 2.75. The number of piperazine rings is 1. The van der Waals surface area contributed by atoms with Crippen LogP contribution >= 0.6 is 11.6 Å². The minimum absolute atomic E-state index is 0.0604. The first-order chi connectivity index (χ1) is 14.3. The summed E-state index contributed by atoms with van der Waals surface area (Å²) in [4.78, 5) is 31.8. The molecule has 0 aliphatic carbocycles. The summed E-state index contributed by atoms with van der Waals surface area (Å²) >= 11 is 6.34. The van der Waals surface area contributed by atoms with Crippen LogP contribution in [0.1, 0.15) is 25.0 Å². The third kappa shape index (κ3) is 5.32. The van der Waals surface area contributed by atoms with E-state index < -0.39 is 0 Å². The number of nitrogens with zero attached hydrogens (tertiary/aromatic N) is 3. The molecule has 2 amide bonds. The van der Waals surface area contributed by atoms with Gasteiger partial charge in [-0.1, -0.05) is 17.7 Å². The summed E-state index contributed by atoms with van der Waals surface area (Å²) in [5, 5.41) is 3.56. The number of anilines is 1. The van der Waals surface area contributed by atoms with Gasteiger partial charge in [-0.15, -0.1) is 0 Å². The summed E-state index contributed by atoms with van der Waals surface area (Å²) in [6, 6.07) is 3.45. The summed E-state index contributed by atoms with van der Waals surface area (Å²) in [7, 11) is 0. The first-order valence-electron chi connectivity index (χ1n) is 10.7. The van der Waals surface area contributed by atoms with Crippen LogP contribution in [0.4, 0.5) is 5.69 Å². The number of morpholine rings is 1. The molecular formula is C22H33ClN4O3. The van der Waals surface area contributed by atoms with Gasteiger partial charge in [0, 0.05) is 39.3 Å². The van der Waals surface area contributed by atoms with E-state index in [0.29, 0.717) is 37.0 Å². The molecule has 3 rings (SSSR count). The summed E-state index contributed by atoms with van der Waals surface area (Å²) in [5.41, 5.74) is 2.71. The molecule has 166 valence electrons. The van der Waals surface area contributed by atoms with Crippen LogP contribution in [0.25, 0.3) is 0 Å². The van der Waals surface area contributed by atoms with Crippen LogP contribution in [0.5, 0.6) is 0 Å². The molecule has 1 aromatic rings. The maximum Gasteiger partial charge on any atom is 0.241 e. The monoisotopic (exact) mass is 436 g/mol. The molecule has 8 heteroatoms. The molecular weight excluding hydrogens is 404 g/mol. The van der Waals surface area contributed by atoms with Crippen LogP contribution in [-0.4, -0.2) is 91.1 Å². The predicted octanol–water partition coefficient (Wildman–Crippen LogP) is 2.15. The summed E-state index contributed by atoms with van der Waals surface area (Å²) in [5.74, 6) is 0.108. The van der Waals surface area contributed by atoms with E-state index in [4.69, 9.17) is 16.3 Å². The van der Waals surface area contributed by atoms with E-state index in [9.17, 15) is 9.59 Å². The van der Waals surface area contributed by atoms with E-state index in [1.807, 2.05) is 44.7 Å². The highest BCUT2D eigenvalue weighted by Gasteiger charge is 2.32. The topological polar surface area (TPSA) is 65.1 Å². The van der Waals surface area contributed by atoms with Gasteiger partial charge in [0.25, 0.3) is 0 Å². The molecule has 2 heterocycles. The van der Waals surface area contributed by atoms with Crippen molar-refractivity contribution in [1.29, 1.82) is 0 Å². The third-order valence-electron chi connectivity index (χ3n) is 6.18. The van der Waals surface area contributed by atoms with E-state index in [1.54, 1.807) is 0 Å². The van der Waals surface area contributed by atoms with Crippen LogP contribution in [0, 0.1) is 13.8 Å². The van der Waals surface area contributed by atoms with E-state index >= 15 is 0 Å². The second-order valence-corrected chi connectivity index (χ2v) is 8.70. The quantitative estimate of drug-likeness (QED) is 0.766. The molecule has 0 saturated carbocycles. The standard InChI is InChI=1S/C22H33ClN4O3/c1-15-13-16(2)20(19(23)14-15)24-21(28)17(3)25-5-7-26(8-6-25)18(4)22(29)27-9-11-30-12-10-27/h13-14,17-18H,5-12H2,1-4H3,(H,24,28). The van der Waals surface area contributed by atoms with E-state index in [-0.39, 0.29) is 23.9 Å². The smallest absolute Gasteiger partial charge is 0.241 e. The lowest BCUT2D eigenvalue weighted by molar-refractivity contribution is -0.141. The predicted molar refractivity (Wildman–Crippen MR) is 119 cm³/mol. The van der Waals surface area contributed by atoms with E-state index in [0.717, 1.165) is 37.3 Å². The third-order valence-corrected chi connectivity index (χ3v) is 6.48. The zero-order valence-corrected chi connectivity index (χ0v) is 19.2. The highest BCUT2D eigenvalue weighted by molar-refractivity contribution is 6.34. The van der Waals surface area contributed by atoms with Gasteiger partial charge in [-0.25, -0.2) is 0 Å². The number of carbonyl (C=O) groups excluding carboxylic acids is 2. The molecule has 1 N–H and O–H groups in total. The lowest BCUT2D eigenvalue weighted by Gasteiger charge is -2.41. The number of aryl methyl sites for hydroxylation is 2. The summed E-state index contributed by atoms with van der Waals surface area (Å²) < 4.78 is 5.34. The average molecular weight is 437 g/mol. The second-order valence-electron chi connectivity index (χ2n) is 8.29. The molecule has 2 fully saturated rings. The summed E-state index contributed by atoms with van der Waals surface area (Å²) in [6.07, 6.45) is 0. The van der Waals surface area contributed by atoms with Gasteiger partial charge in [0.15, 0.2) is 0 Å². The molecule has 2 saturated heterocycles. The van der Waals surface area contributed by atoms with E-state index in [1.165, 1.54) is 0 Å². The van der Waals surface area contributed by atoms with Crippen molar-refractivity contribution in [3.63, 3.8) is 0 Å². The Balaban J connectivity index is 1.52. The van der Waals surface area contributed by atoms with Gasteiger partial charge in [0.2, 0.25) is 11.8 Å². The van der Waals surface area contributed by atoms with Gasteiger partial charge in [-0.05, 0) is 44.9 Å². The van der Waals surface area contributed by atoms with Crippen LogP contribution in [0.2, 0.25) is 5.02 Å². The van der Waals surface area contributed by atoms with Gasteiger partial charge in [-0.3, -0.25) is 19.4 Å². The second kappa shape index (κ2) is 10.1. The SMILES string of the molecule is Cc1cc(C)c(NC(=O)C(C)N2CCN(C(C)C(=O)N3CCOCC3)CC2)c(Cl)c1. The fraction of sp³-hybridized carbons (Fsp3) is 0.636. The summed E-state index contributed by atoms with van der Waals surface area (Å²) in [6.45, 7) is 13.4. The van der Waals surface area contributed by atoms with Gasteiger partial charge in [-0.2, -0.15) is 0 Å². The normalized spacial score (nSPS) is 20.6. The molecule has 0 aromatic heterocycles. The highest BCUT2D eigenvalue weighted by Crippen LogP contribution is 2.27. The van der Waals surface area contributed by atoms with Crippen LogP contribution < -0.4 is 5.32 Å². The molecule has 1 aromatic carbocycles. The van der Waals surface area contributed by atoms with Crippen LogP contribution in [0.15, 0.2) is 12.1 Å². The zero-order valence-electron chi connectivity index (χ0n) is 18.4. The van der Waals surface area contributed by atoms with Gasteiger partial charge >= 0.3 is 0 Å². The van der Waals surface area contributed by atoms with Crippen molar-refractivity contribution in [3.8, 4) is 0 Å². The van der Waals surface area contributed by atoms with Crippen molar-refractivity contribution in [3.05, 3.63) is 28.3 Å². The van der Waals surface area contributed by atoms with Gasteiger partial charge < -0.3 is 15.0 Å². The molecule has 2 aliphatic heterocycles. The van der Waals surface area contributed by atoms with Crippen LogP contribution in [0.3, 0.4) is 0 Å². The number of rotatable bonds is 5. The molecule has 0 radical (unpaired) electrons. The number of ether oxygens (including phenoxy) is 1. The molecule has 0 bridgehead atoms. The Labute approximate surface area is 184 Å². The highest BCUT2D eigenvalue weighted by atomic mass is 35.5. The van der Waals surface area contributed by atoms with Crippen LogP contribution in [-0.2, 0) is 14.3 Å². The Kier molecular flexibility index (Phi) is 7.74. The number of hydrogen-bond acceptors (Lipinski definition) is 5. The van der Waals surface area contributed by atoms with Gasteiger partial charge in [0.05, 0.1) is 36.0 Å². The first kappa shape index (κ1) is 23.0. The molecule has 2 atom stereocenters. The Hall–Kier alpha value is -1.67. The maximum absolute atomic E-state index is 12.8. The number of halogens is 1. The Bertz CT molecular complexity index is 751. The number of carbonyl (C=O) groups is 2. The molecule has 2 unspecified atom stereocenters. The fourth-order valence-electron chi connectivity index (χ4n) is 4.18. The Morgan fingerprint density at radius 3 is 2.10 bits per heavy atom. The van der Waals surface area contributed by atoms with Crippen molar-refractivity contribution in [2.45, 2.75) is 39.8 Å². The number of hydrogen-bond donors (Lipinski definition) is 1. The first-order valence-corrected chi connectivity index (χ1v) is 11.1. The minimum Gasteiger partial charge on any atom is -0.378 e. The maximum atomic E-state index is 12.8. The van der Waals surface area contributed by atoms with Crippen molar-refractivity contribution in [1.82, 2.24) is 14.7 Å². The number of amides is 2. The Morgan fingerprint density at radius 2 is 1.53 bits per heavy atom. The lowest BCUT2D eigenvalue weighted by atomic mass is 10.1. The molecule has 7 nitrogen and oxygen atoms in total. The van der Waals surface area contributed by atoms with Gasteiger partial charge in [0.1, 0.15) is 0 Å². The van der Waals surface area contributed by atoms with E-state index in [2.05, 4.69) is 15.1 Å². The Morgan fingerprint density at radius 1 is 0.967 bits per heavy atom. The van der Waals surface area contributed by atoms with Crippen molar-refractivity contribution >= 4 is 29.1 Å². The van der Waals surface area contributed by atoms with Crippen molar-refractivity contribution in [2.75, 3.05) is 57.8 Å². The zero-order chi connectivity index (χ0) is 21.8. The van der Waals surface area contributed by atoms with Crippen molar-refractivity contribution in [2.24, 2.45) is 0 Å². The molecule has 30 heavy (non-hydrogen) atoms. The largest absolute Gasteiger partial charge is 0.378 e. The lowest BCUT2D eigenvalue weighted by Crippen LogP contribution is -2.58.